The summed E-state index contributed by atoms with van der Waals surface area (Å²) < 4.78 is 33.8. The van der Waals surface area contributed by atoms with Crippen LogP contribution >= 0.6 is 11.6 Å². The summed E-state index contributed by atoms with van der Waals surface area (Å²) in [5, 5.41) is 3.38. The van der Waals surface area contributed by atoms with Crippen LogP contribution in [0.25, 0.3) is 0 Å². The number of halogens is 1. The molecule has 1 atom stereocenters. The summed E-state index contributed by atoms with van der Waals surface area (Å²) in [6.07, 6.45) is 2.64. The van der Waals surface area contributed by atoms with Crippen LogP contribution in [0.5, 0.6) is 5.75 Å². The largest absolute Gasteiger partial charge is 0.495 e. The van der Waals surface area contributed by atoms with Gasteiger partial charge in [0.05, 0.1) is 13.0 Å². The topological polar surface area (TPSA) is 84.5 Å². The molecule has 0 bridgehead atoms. The number of carbonyl (C=O) groups is 1. The molecule has 32 heavy (non-hydrogen) atoms. The van der Waals surface area contributed by atoms with Crippen molar-refractivity contribution >= 4 is 38.9 Å². The number of nitrogens with one attached hydrogen (secondary N) is 2. The molecule has 0 saturated carbocycles. The highest BCUT2D eigenvalue weighted by molar-refractivity contribution is 7.92. The van der Waals surface area contributed by atoms with E-state index in [1.165, 1.54) is 24.8 Å². The summed E-state index contributed by atoms with van der Waals surface area (Å²) in [6, 6.07) is 18.8. The van der Waals surface area contributed by atoms with E-state index in [4.69, 9.17) is 16.3 Å². The van der Waals surface area contributed by atoms with Crippen molar-refractivity contribution in [2.24, 2.45) is 0 Å². The lowest BCUT2D eigenvalue weighted by Crippen LogP contribution is -2.25. The van der Waals surface area contributed by atoms with E-state index in [1.807, 2.05) is 18.2 Å². The van der Waals surface area contributed by atoms with Crippen molar-refractivity contribution in [1.82, 2.24) is 0 Å². The standard InChI is InChI=1S/C24H23ClN2O4S/c1-31-22-14-13-19(15-23(22)32(29,30)27-18-11-9-17(25)10-12-18)26-24(28)21-8-4-6-16-5-2-3-7-20(16)21/h2-3,5,7,9-15,21,27H,4,6,8H2,1H3,(H,26,28). The summed E-state index contributed by atoms with van der Waals surface area (Å²) in [4.78, 5) is 13.0. The molecule has 0 fully saturated rings. The Morgan fingerprint density at radius 3 is 2.50 bits per heavy atom. The molecule has 3 aromatic carbocycles. The van der Waals surface area contributed by atoms with Crippen LogP contribution in [0.15, 0.2) is 71.6 Å². The summed E-state index contributed by atoms with van der Waals surface area (Å²) in [5.74, 6) is -0.252. The van der Waals surface area contributed by atoms with Crippen LogP contribution in [0.2, 0.25) is 5.02 Å². The van der Waals surface area contributed by atoms with Crippen molar-refractivity contribution in [1.29, 1.82) is 0 Å². The Bertz CT molecular complexity index is 1240. The average molecular weight is 471 g/mol. The van der Waals surface area contributed by atoms with Crippen LogP contribution in [0.3, 0.4) is 0 Å². The minimum Gasteiger partial charge on any atom is -0.495 e. The maximum Gasteiger partial charge on any atom is 0.265 e. The number of benzene rings is 3. The Kier molecular flexibility index (Phi) is 6.39. The van der Waals surface area contributed by atoms with Crippen molar-refractivity contribution in [3.05, 3.63) is 82.9 Å². The number of methoxy groups -OCH3 is 1. The summed E-state index contributed by atoms with van der Waals surface area (Å²) in [5.41, 5.74) is 2.96. The van der Waals surface area contributed by atoms with Gasteiger partial charge in [0.15, 0.2) is 0 Å². The quantitative estimate of drug-likeness (QED) is 0.518. The molecule has 1 aliphatic carbocycles. The fraction of sp³-hybridized carbons (Fsp3) is 0.208. The van der Waals surface area contributed by atoms with E-state index < -0.39 is 10.0 Å². The number of carbonyl (C=O) groups excluding carboxylic acids is 1. The van der Waals surface area contributed by atoms with Crippen LogP contribution < -0.4 is 14.8 Å². The van der Waals surface area contributed by atoms with E-state index in [0.29, 0.717) is 16.4 Å². The van der Waals surface area contributed by atoms with Gasteiger partial charge < -0.3 is 10.1 Å². The van der Waals surface area contributed by atoms with E-state index in [0.717, 1.165) is 24.8 Å². The molecule has 166 valence electrons. The molecule has 8 heteroatoms. The molecule has 1 unspecified atom stereocenters. The first-order valence-electron chi connectivity index (χ1n) is 10.2. The van der Waals surface area contributed by atoms with Gasteiger partial charge in [0.1, 0.15) is 10.6 Å². The Hall–Kier alpha value is -3.03. The molecule has 0 radical (unpaired) electrons. The van der Waals surface area contributed by atoms with Gasteiger partial charge in [0, 0.05) is 16.4 Å². The molecule has 6 nitrogen and oxygen atoms in total. The monoisotopic (exact) mass is 470 g/mol. The minimum absolute atomic E-state index is 0.0724. The zero-order valence-corrected chi connectivity index (χ0v) is 19.0. The average Bonchev–Trinajstić information content (AvgIpc) is 2.80. The summed E-state index contributed by atoms with van der Waals surface area (Å²) in [7, 11) is -2.57. The maximum atomic E-state index is 13.0. The molecule has 0 spiro atoms. The second-order valence-electron chi connectivity index (χ2n) is 7.61. The van der Waals surface area contributed by atoms with Crippen molar-refractivity contribution in [2.75, 3.05) is 17.1 Å². The minimum atomic E-state index is -3.97. The molecule has 3 aromatic rings. The Balaban J connectivity index is 1.59. The SMILES string of the molecule is COc1ccc(NC(=O)C2CCCc3ccccc32)cc1S(=O)(=O)Nc1ccc(Cl)cc1. The van der Waals surface area contributed by atoms with Gasteiger partial charge in [-0.3, -0.25) is 9.52 Å². The highest BCUT2D eigenvalue weighted by Crippen LogP contribution is 2.34. The summed E-state index contributed by atoms with van der Waals surface area (Å²) in [6.45, 7) is 0. The van der Waals surface area contributed by atoms with Crippen molar-refractivity contribution in [2.45, 2.75) is 30.1 Å². The van der Waals surface area contributed by atoms with Gasteiger partial charge in [0.25, 0.3) is 10.0 Å². The number of sulfonamides is 1. The number of amides is 1. The fourth-order valence-electron chi connectivity index (χ4n) is 3.95. The fourth-order valence-corrected chi connectivity index (χ4v) is 5.33. The normalized spacial score (nSPS) is 15.5. The van der Waals surface area contributed by atoms with Crippen molar-refractivity contribution < 1.29 is 17.9 Å². The predicted octanol–water partition coefficient (Wildman–Crippen LogP) is 5.21. The molecule has 1 aliphatic rings. The number of fused-ring (bicyclic) bond motifs is 1. The highest BCUT2D eigenvalue weighted by atomic mass is 35.5. The van der Waals surface area contributed by atoms with Gasteiger partial charge >= 0.3 is 0 Å². The van der Waals surface area contributed by atoms with Crippen LogP contribution in [-0.2, 0) is 21.2 Å². The second kappa shape index (κ2) is 9.22. The molecule has 2 N–H and O–H groups in total. The van der Waals surface area contributed by atoms with Gasteiger partial charge in [-0.1, -0.05) is 35.9 Å². The third-order valence-electron chi connectivity index (χ3n) is 5.50. The van der Waals surface area contributed by atoms with Crippen molar-refractivity contribution in [3.8, 4) is 5.75 Å². The Morgan fingerprint density at radius 1 is 1.03 bits per heavy atom. The highest BCUT2D eigenvalue weighted by Gasteiger charge is 2.27. The number of anilines is 2. The number of aryl methyl sites for hydroxylation is 1. The third-order valence-corrected chi connectivity index (χ3v) is 7.16. The van der Waals surface area contributed by atoms with Gasteiger partial charge in [0.2, 0.25) is 5.91 Å². The first kappa shape index (κ1) is 22.2. The van der Waals surface area contributed by atoms with Gasteiger partial charge in [-0.15, -0.1) is 0 Å². The van der Waals surface area contributed by atoms with Crippen LogP contribution in [0, 0.1) is 0 Å². The first-order chi connectivity index (χ1) is 15.4. The van der Waals surface area contributed by atoms with Gasteiger partial charge in [-0.2, -0.15) is 0 Å². The first-order valence-corrected chi connectivity index (χ1v) is 12.1. The lowest BCUT2D eigenvalue weighted by atomic mass is 9.82. The molecule has 0 aromatic heterocycles. The molecule has 0 heterocycles. The van der Waals surface area contributed by atoms with E-state index in [2.05, 4.69) is 16.1 Å². The van der Waals surface area contributed by atoms with E-state index in [-0.39, 0.29) is 22.5 Å². The van der Waals surface area contributed by atoms with Crippen molar-refractivity contribution in [3.63, 3.8) is 0 Å². The zero-order chi connectivity index (χ0) is 22.7. The van der Waals surface area contributed by atoms with Gasteiger partial charge in [-0.05, 0) is 72.9 Å². The van der Waals surface area contributed by atoms with E-state index in [9.17, 15) is 13.2 Å². The number of hydrogen-bond acceptors (Lipinski definition) is 4. The lowest BCUT2D eigenvalue weighted by Gasteiger charge is -2.24. The molecular weight excluding hydrogens is 448 g/mol. The smallest absolute Gasteiger partial charge is 0.265 e. The van der Waals surface area contributed by atoms with Crippen LogP contribution in [-0.4, -0.2) is 21.4 Å². The second-order valence-corrected chi connectivity index (χ2v) is 9.70. The number of hydrogen-bond donors (Lipinski definition) is 2. The summed E-state index contributed by atoms with van der Waals surface area (Å²) >= 11 is 5.87. The van der Waals surface area contributed by atoms with E-state index >= 15 is 0 Å². The molecule has 0 saturated heterocycles. The maximum absolute atomic E-state index is 13.0. The number of ether oxygens (including phenoxy) is 1. The Morgan fingerprint density at radius 2 is 1.75 bits per heavy atom. The predicted molar refractivity (Wildman–Crippen MR) is 126 cm³/mol. The molecule has 4 rings (SSSR count). The number of rotatable bonds is 6. The Labute approximate surface area is 192 Å². The molecular formula is C24H23ClN2O4S. The van der Waals surface area contributed by atoms with Gasteiger partial charge in [-0.25, -0.2) is 8.42 Å². The zero-order valence-electron chi connectivity index (χ0n) is 17.5. The lowest BCUT2D eigenvalue weighted by molar-refractivity contribution is -0.117. The van der Waals surface area contributed by atoms with E-state index in [1.54, 1.807) is 30.3 Å². The molecule has 0 aliphatic heterocycles. The third kappa shape index (κ3) is 4.74. The molecule has 1 amide bonds. The van der Waals surface area contributed by atoms with Crippen LogP contribution in [0.4, 0.5) is 11.4 Å². The van der Waals surface area contributed by atoms with Crippen LogP contribution in [0.1, 0.15) is 29.9 Å².